The molecule has 2 saturated carbocycles. The topological polar surface area (TPSA) is 60.4 Å². The van der Waals surface area contributed by atoms with Crippen LogP contribution in [0.2, 0.25) is 0 Å². The number of fused-ring (bicyclic) bond motifs is 5. The lowest BCUT2D eigenvalue weighted by atomic mass is 9.47. The van der Waals surface area contributed by atoms with Crippen molar-refractivity contribution in [2.75, 3.05) is 0 Å². The summed E-state index contributed by atoms with van der Waals surface area (Å²) in [6, 6.07) is 0. The van der Waals surface area contributed by atoms with Gasteiger partial charge in [0.15, 0.2) is 17.2 Å². The lowest BCUT2D eigenvalue weighted by Crippen LogP contribution is -2.58. The molecule has 6 atom stereocenters. The molecule has 4 aliphatic carbocycles. The number of carbonyl (C=O) groups excluding carboxylic acids is 3. The first-order chi connectivity index (χ1) is 15.5. The highest BCUT2D eigenvalue weighted by atomic mass is 16.6. The summed E-state index contributed by atoms with van der Waals surface area (Å²) in [5.74, 6) is 0.437. The molecule has 178 valence electrons. The minimum absolute atomic E-state index is 0.0255. The van der Waals surface area contributed by atoms with Crippen molar-refractivity contribution < 1.29 is 19.1 Å². The van der Waals surface area contributed by atoms with Gasteiger partial charge in [-0.1, -0.05) is 58.9 Å². The predicted octanol–water partition coefficient (Wildman–Crippen LogP) is 6.08. The van der Waals surface area contributed by atoms with E-state index in [1.807, 2.05) is 0 Å². The van der Waals surface area contributed by atoms with Crippen molar-refractivity contribution in [1.29, 1.82) is 0 Å². The van der Waals surface area contributed by atoms with Crippen LogP contribution in [0.1, 0.15) is 79.1 Å². The van der Waals surface area contributed by atoms with E-state index in [1.54, 1.807) is 13.0 Å². The lowest BCUT2D eigenvalue weighted by Gasteiger charge is -2.57. The molecule has 0 aromatic rings. The molecule has 0 N–H and O–H groups in total. The second kappa shape index (κ2) is 8.21. The molecular formula is C29H38O4. The summed E-state index contributed by atoms with van der Waals surface area (Å²) in [4.78, 5) is 38.3. The van der Waals surface area contributed by atoms with Gasteiger partial charge >= 0.3 is 5.97 Å². The molecule has 0 heterocycles. The molecule has 0 aliphatic heterocycles. The predicted molar refractivity (Wildman–Crippen MR) is 129 cm³/mol. The quantitative estimate of drug-likeness (QED) is 0.280. The summed E-state index contributed by atoms with van der Waals surface area (Å²) in [5.41, 5.74) is 0.586. The Bertz CT molecular complexity index is 984. The lowest BCUT2D eigenvalue weighted by molar-refractivity contribution is -0.186. The third-order valence-corrected chi connectivity index (χ3v) is 9.71. The van der Waals surface area contributed by atoms with Crippen LogP contribution in [0.25, 0.3) is 0 Å². The maximum absolute atomic E-state index is 13.1. The summed E-state index contributed by atoms with van der Waals surface area (Å²) in [7, 11) is 0. The molecule has 0 aromatic heterocycles. The zero-order chi connectivity index (χ0) is 24.2. The van der Waals surface area contributed by atoms with Crippen LogP contribution >= 0.6 is 0 Å². The standard InChI is InChI=1S/C29H38O4/c1-7-8-9-10-26(32)33-29(20(4)30)16-14-23-22-12-11-21-17-25(31)18(2)19(3)28(21,6)24(22)13-15-27(23,29)5/h11-12,17,22-24H,2-3,7-10,13-16H2,1,4-6H3/t22-,23-,24-,27-,28-,29-/m0/s1. The van der Waals surface area contributed by atoms with E-state index in [0.717, 1.165) is 49.7 Å². The SMILES string of the molecule is C=C1C(=C)[C@@]2(C)C(=CC1=O)C=C[C@@H]1[C@@H]2CC[C@@]2(C)[C@H]1CC[C@]2(OC(=O)CCCCC)C(C)=O. The number of Topliss-reactive ketones (excluding diaryl/α,β-unsaturated/α-hetero) is 1. The van der Waals surface area contributed by atoms with Gasteiger partial charge in [0, 0.05) is 22.8 Å². The Morgan fingerprint density at radius 1 is 1.12 bits per heavy atom. The molecule has 0 saturated heterocycles. The summed E-state index contributed by atoms with van der Waals surface area (Å²) in [6.07, 6.45) is 12.4. The molecule has 4 aliphatic rings. The molecule has 2 fully saturated rings. The smallest absolute Gasteiger partial charge is 0.306 e. The van der Waals surface area contributed by atoms with E-state index in [9.17, 15) is 14.4 Å². The summed E-state index contributed by atoms with van der Waals surface area (Å²) >= 11 is 0. The van der Waals surface area contributed by atoms with Crippen LogP contribution in [0.5, 0.6) is 0 Å². The third-order valence-electron chi connectivity index (χ3n) is 9.71. The van der Waals surface area contributed by atoms with Crippen molar-refractivity contribution in [3.05, 3.63) is 48.1 Å². The highest BCUT2D eigenvalue weighted by Crippen LogP contribution is 2.67. The van der Waals surface area contributed by atoms with Crippen LogP contribution < -0.4 is 0 Å². The average molecular weight is 451 g/mol. The van der Waals surface area contributed by atoms with Gasteiger partial charge in [0.05, 0.1) is 0 Å². The van der Waals surface area contributed by atoms with E-state index >= 15 is 0 Å². The molecule has 0 unspecified atom stereocenters. The second-order valence-corrected chi connectivity index (χ2v) is 11.1. The van der Waals surface area contributed by atoms with Gasteiger partial charge in [0.1, 0.15) is 0 Å². The Morgan fingerprint density at radius 3 is 2.48 bits per heavy atom. The molecule has 4 heteroatoms. The monoisotopic (exact) mass is 450 g/mol. The number of unbranched alkanes of at least 4 members (excludes halogenated alkanes) is 2. The van der Waals surface area contributed by atoms with E-state index < -0.39 is 11.0 Å². The van der Waals surface area contributed by atoms with E-state index in [2.05, 4.69) is 46.1 Å². The number of hydrogen-bond acceptors (Lipinski definition) is 4. The molecule has 4 rings (SSSR count). The normalized spacial score (nSPS) is 39.5. The van der Waals surface area contributed by atoms with Crippen LogP contribution in [0.15, 0.2) is 48.1 Å². The molecule has 0 spiro atoms. The maximum Gasteiger partial charge on any atom is 0.306 e. The van der Waals surface area contributed by atoms with Crippen LogP contribution in [0.4, 0.5) is 0 Å². The first-order valence-electron chi connectivity index (χ1n) is 12.6. The number of rotatable bonds is 6. The largest absolute Gasteiger partial charge is 0.450 e. The van der Waals surface area contributed by atoms with Gasteiger partial charge in [0.25, 0.3) is 0 Å². The third kappa shape index (κ3) is 3.27. The van der Waals surface area contributed by atoms with Crippen molar-refractivity contribution in [3.8, 4) is 0 Å². The highest BCUT2D eigenvalue weighted by molar-refractivity contribution is 6.09. The van der Waals surface area contributed by atoms with Crippen LogP contribution in [0.3, 0.4) is 0 Å². The number of esters is 1. The van der Waals surface area contributed by atoms with Crippen LogP contribution in [-0.2, 0) is 19.1 Å². The molecule has 0 radical (unpaired) electrons. The fourth-order valence-electron chi connectivity index (χ4n) is 7.61. The Labute approximate surface area is 198 Å². The molecule has 0 amide bonds. The van der Waals surface area contributed by atoms with Crippen LogP contribution in [0, 0.1) is 28.6 Å². The minimum atomic E-state index is -1.04. The van der Waals surface area contributed by atoms with E-state index in [4.69, 9.17) is 4.74 Å². The molecule has 0 aromatic carbocycles. The maximum atomic E-state index is 13.1. The van der Waals surface area contributed by atoms with Crippen molar-refractivity contribution in [2.45, 2.75) is 84.7 Å². The Hall–Kier alpha value is -2.23. The number of ether oxygens (including phenoxy) is 1. The number of ketones is 2. The Morgan fingerprint density at radius 2 is 1.82 bits per heavy atom. The molecule has 0 bridgehead atoms. The number of allylic oxidation sites excluding steroid dienone is 6. The Kier molecular flexibility index (Phi) is 5.95. The molecular weight excluding hydrogens is 412 g/mol. The average Bonchev–Trinajstić information content (AvgIpc) is 3.07. The molecule has 33 heavy (non-hydrogen) atoms. The summed E-state index contributed by atoms with van der Waals surface area (Å²) < 4.78 is 6.14. The summed E-state index contributed by atoms with van der Waals surface area (Å²) in [5, 5.41) is 0. The number of hydrogen-bond donors (Lipinski definition) is 0. The first kappa shape index (κ1) is 23.9. The van der Waals surface area contributed by atoms with Crippen molar-refractivity contribution in [2.24, 2.45) is 28.6 Å². The van der Waals surface area contributed by atoms with Gasteiger partial charge < -0.3 is 4.74 Å². The summed E-state index contributed by atoms with van der Waals surface area (Å²) in [6.45, 7) is 16.4. The van der Waals surface area contributed by atoms with Gasteiger partial charge in [-0.25, -0.2) is 0 Å². The van der Waals surface area contributed by atoms with Gasteiger partial charge in [-0.05, 0) is 74.0 Å². The van der Waals surface area contributed by atoms with E-state index in [-0.39, 0.29) is 40.7 Å². The highest BCUT2D eigenvalue weighted by Gasteiger charge is 2.67. The minimum Gasteiger partial charge on any atom is -0.450 e. The number of carbonyl (C=O) groups is 3. The van der Waals surface area contributed by atoms with Gasteiger partial charge in [0.2, 0.25) is 0 Å². The Balaban J connectivity index is 1.68. The van der Waals surface area contributed by atoms with Gasteiger partial charge in [-0.3, -0.25) is 14.4 Å². The van der Waals surface area contributed by atoms with E-state index in [1.165, 1.54) is 0 Å². The van der Waals surface area contributed by atoms with Crippen molar-refractivity contribution >= 4 is 17.5 Å². The van der Waals surface area contributed by atoms with E-state index in [0.29, 0.717) is 18.4 Å². The zero-order valence-electron chi connectivity index (χ0n) is 20.7. The van der Waals surface area contributed by atoms with Crippen molar-refractivity contribution in [1.82, 2.24) is 0 Å². The van der Waals surface area contributed by atoms with Gasteiger partial charge in [-0.2, -0.15) is 0 Å². The van der Waals surface area contributed by atoms with Crippen molar-refractivity contribution in [3.63, 3.8) is 0 Å². The fourth-order valence-corrected chi connectivity index (χ4v) is 7.61. The molecule has 4 nitrogen and oxygen atoms in total. The zero-order valence-corrected chi connectivity index (χ0v) is 20.7. The first-order valence-corrected chi connectivity index (χ1v) is 12.6. The second-order valence-electron chi connectivity index (χ2n) is 11.1. The fraction of sp³-hybridized carbons (Fsp3) is 0.621. The van der Waals surface area contributed by atoms with Gasteiger partial charge in [-0.15, -0.1) is 0 Å². The van der Waals surface area contributed by atoms with Crippen LogP contribution in [-0.4, -0.2) is 23.1 Å².